The molecule has 0 aliphatic carbocycles. The van der Waals surface area contributed by atoms with Crippen LogP contribution >= 0.6 is 18.9 Å². The smallest absolute Gasteiger partial charge is 0.404 e. The number of halogens is 2. The number of ether oxygens (including phenoxy) is 1. The molecule has 2 fully saturated rings. The van der Waals surface area contributed by atoms with Crippen LogP contribution < -0.4 is 15.5 Å². The Bertz CT molecular complexity index is 3410. The van der Waals surface area contributed by atoms with E-state index in [2.05, 4.69) is 27.0 Å². The maximum absolute atomic E-state index is 15.5. The molecule has 0 saturated carbocycles. The molecule has 2 aromatic heterocycles. The summed E-state index contributed by atoms with van der Waals surface area (Å²) in [6, 6.07) is 13.8. The largest absolute Gasteiger partial charge is 0.464 e. The maximum atomic E-state index is 15.5. The van der Waals surface area contributed by atoms with Crippen molar-refractivity contribution in [1.29, 1.82) is 0 Å². The second-order valence-electron chi connectivity index (χ2n) is 22.2. The first kappa shape index (κ1) is 58.8. The average Bonchev–Trinajstić information content (AvgIpc) is 4.24. The minimum absolute atomic E-state index is 0.0466. The highest BCUT2D eigenvalue weighted by atomic mass is 32.1. The molecule has 0 radical (unpaired) electrons. The number of thiophene rings is 1. The Labute approximate surface area is 464 Å². The van der Waals surface area contributed by atoms with Crippen LogP contribution in [0.15, 0.2) is 77.4 Å². The lowest BCUT2D eigenvalue weighted by Crippen LogP contribution is -2.58. The fourth-order valence-electron chi connectivity index (χ4n) is 9.70. The highest BCUT2D eigenvalue weighted by Crippen LogP contribution is 2.63. The predicted molar refractivity (Wildman–Crippen MR) is 292 cm³/mol. The van der Waals surface area contributed by atoms with Crippen molar-refractivity contribution in [3.8, 4) is 11.8 Å². The maximum Gasteiger partial charge on any atom is 0.404 e. The van der Waals surface area contributed by atoms with Gasteiger partial charge in [-0.2, -0.15) is 8.78 Å². The first-order valence-corrected chi connectivity index (χ1v) is 28.5. The molecule has 5 heterocycles. The summed E-state index contributed by atoms with van der Waals surface area (Å²) in [7, 11) is -4.09. The molecule has 0 bridgehead atoms. The fraction of sp³-hybridized carbons (Fsp3) is 0.439. The summed E-state index contributed by atoms with van der Waals surface area (Å²) in [6.45, 7) is 9.26. The molecule has 3 aliphatic heterocycles. The van der Waals surface area contributed by atoms with Gasteiger partial charge in [-0.25, -0.2) is 0 Å². The van der Waals surface area contributed by atoms with E-state index in [-0.39, 0.29) is 66.9 Å². The second-order valence-corrected chi connectivity index (χ2v) is 25.1. The number of amides is 7. The van der Waals surface area contributed by atoms with Gasteiger partial charge in [0.25, 0.3) is 11.8 Å². The van der Waals surface area contributed by atoms with Gasteiger partial charge in [0.1, 0.15) is 23.7 Å². The number of anilines is 1. The Morgan fingerprint density at radius 3 is 2.46 bits per heavy atom. The topological polar surface area (TPSA) is 242 Å². The minimum atomic E-state index is -5.75. The van der Waals surface area contributed by atoms with E-state index in [1.807, 2.05) is 6.07 Å². The van der Waals surface area contributed by atoms with Crippen LogP contribution in [0.5, 0.6) is 0 Å². The molecule has 5 aromatic rings. The highest BCUT2D eigenvalue weighted by molar-refractivity contribution is 7.53. The van der Waals surface area contributed by atoms with Gasteiger partial charge in [0, 0.05) is 91.0 Å². The number of furan rings is 1. The number of nitrogens with zero attached hydrogens (tertiary/aromatic N) is 4. The van der Waals surface area contributed by atoms with Crippen LogP contribution in [-0.4, -0.2) is 119 Å². The van der Waals surface area contributed by atoms with E-state index in [4.69, 9.17) is 9.15 Å². The third kappa shape index (κ3) is 12.7. The number of benzene rings is 3. The molecule has 2 saturated heterocycles. The van der Waals surface area contributed by atoms with Gasteiger partial charge in [-0.15, -0.1) is 11.3 Å². The number of imide groups is 1. The minimum Gasteiger partial charge on any atom is -0.464 e. The molecule has 7 amide bonds. The van der Waals surface area contributed by atoms with Gasteiger partial charge < -0.3 is 39.0 Å². The van der Waals surface area contributed by atoms with Crippen LogP contribution in [0.2, 0.25) is 0 Å². The number of esters is 1. The van der Waals surface area contributed by atoms with E-state index in [9.17, 15) is 47.8 Å². The van der Waals surface area contributed by atoms with Crippen LogP contribution in [0.1, 0.15) is 123 Å². The summed E-state index contributed by atoms with van der Waals surface area (Å²) in [6.07, 6.45) is 3.53. The second kappa shape index (κ2) is 23.4. The van der Waals surface area contributed by atoms with Crippen molar-refractivity contribution in [2.24, 2.45) is 10.8 Å². The molecule has 8 rings (SSSR count). The van der Waals surface area contributed by atoms with Crippen LogP contribution in [-0.2, 0) is 54.8 Å². The Morgan fingerprint density at radius 1 is 0.975 bits per heavy atom. The van der Waals surface area contributed by atoms with Crippen molar-refractivity contribution in [1.82, 2.24) is 25.3 Å². The molecule has 80 heavy (non-hydrogen) atoms. The number of carbonyl (C=O) groups is 8. The summed E-state index contributed by atoms with van der Waals surface area (Å²) in [5.74, 6) is 2.39. The molecule has 0 spiro atoms. The number of alkyl halides is 2. The van der Waals surface area contributed by atoms with Crippen LogP contribution in [0.25, 0.3) is 21.1 Å². The van der Waals surface area contributed by atoms with Crippen molar-refractivity contribution in [2.75, 3.05) is 38.4 Å². The van der Waals surface area contributed by atoms with Gasteiger partial charge in [-0.3, -0.25) is 52.8 Å². The van der Waals surface area contributed by atoms with Crippen LogP contribution in [0.4, 0.5) is 14.5 Å². The SMILES string of the molecule is CN(CCCC#Cc1cccc2c1CN(C1CCC(=O)NC1=O)C2=O)C(=O)CCN(C(=O)[C@@H]1CCCN1C(=O)C(NC(=O)c1cc2cc(C(F)(F)P(=O)(O)OCOC(=O)C(C)(C)C)ccc2s1)C(C)(C)C)c1ccc2ccoc2c1. The molecule has 19 nitrogen and oxygen atoms in total. The van der Waals surface area contributed by atoms with Gasteiger partial charge in [0.05, 0.1) is 16.6 Å². The molecule has 3 N–H and O–H groups in total. The highest BCUT2D eigenvalue weighted by Gasteiger charge is 2.53. The normalized spacial score (nSPS) is 17.8. The molecule has 23 heteroatoms. The standard InChI is InChI=1S/C57H63F2N6O13PS/c1-55(2,3)48(61-50(69)45-30-36-29-37(18-21-44(36)80-45)57(58,59)79(74,75)78-33-77-54(73)56(4,5)6)53(72)64-26-12-16-42(64)52(71)63(38-19-17-35-24-28-76-43(35)31-38)27-23-47(67)62(7)25-10-8-9-13-34-14-11-15-39-40(34)32-65(51(39)70)41-20-22-46(66)60-49(41)68/h11,14-15,17-19,21,24,28-31,41-42,48H,8,10,12,16,20,22-23,25-27,32-33H2,1-7H3,(H,61,69)(H,74,75)(H,60,66,68)/t41?,42-,48?/m0/s1. The van der Waals surface area contributed by atoms with E-state index >= 15 is 8.78 Å². The first-order valence-electron chi connectivity index (χ1n) is 26.1. The Morgan fingerprint density at radius 2 is 1.74 bits per heavy atom. The van der Waals surface area contributed by atoms with E-state index in [0.717, 1.165) is 28.9 Å². The molecule has 4 atom stereocenters. The average molecular weight is 1140 g/mol. The van der Waals surface area contributed by atoms with Crippen LogP contribution in [0.3, 0.4) is 0 Å². The van der Waals surface area contributed by atoms with Crippen molar-refractivity contribution in [2.45, 2.75) is 117 Å². The van der Waals surface area contributed by atoms with E-state index in [1.54, 1.807) is 69.1 Å². The number of piperidine rings is 1. The van der Waals surface area contributed by atoms with Gasteiger partial charge in [-0.1, -0.05) is 44.7 Å². The van der Waals surface area contributed by atoms with Crippen molar-refractivity contribution in [3.05, 3.63) is 100 Å². The van der Waals surface area contributed by atoms with Crippen molar-refractivity contribution in [3.63, 3.8) is 0 Å². The third-order valence-electron chi connectivity index (χ3n) is 14.3. The predicted octanol–water partition coefficient (Wildman–Crippen LogP) is 8.06. The number of fused-ring (bicyclic) bond motifs is 3. The zero-order chi connectivity index (χ0) is 58.1. The van der Waals surface area contributed by atoms with E-state index in [0.29, 0.717) is 64.9 Å². The van der Waals surface area contributed by atoms with Gasteiger partial charge in [0.2, 0.25) is 36.3 Å². The molecule has 3 aliphatic rings. The van der Waals surface area contributed by atoms with Gasteiger partial charge in [-0.05, 0) is 111 Å². The Kier molecular flexibility index (Phi) is 17.2. The molecule has 3 unspecified atom stereocenters. The van der Waals surface area contributed by atoms with Gasteiger partial charge >= 0.3 is 19.2 Å². The molecule has 424 valence electrons. The quantitative estimate of drug-likeness (QED) is 0.0200. The van der Waals surface area contributed by atoms with Gasteiger partial charge in [0.15, 0.2) is 0 Å². The summed E-state index contributed by atoms with van der Waals surface area (Å²) in [4.78, 5) is 123. The van der Waals surface area contributed by atoms with E-state index < -0.39 is 84.2 Å². The number of hydrogen-bond donors (Lipinski definition) is 3. The number of nitrogens with one attached hydrogen (secondary N) is 2. The van der Waals surface area contributed by atoms with Crippen molar-refractivity contribution >= 4 is 93.0 Å². The summed E-state index contributed by atoms with van der Waals surface area (Å²) in [5.41, 5.74) is -4.49. The molecule has 3 aromatic carbocycles. The summed E-state index contributed by atoms with van der Waals surface area (Å²) < 4.78 is 59.2. The first-order chi connectivity index (χ1) is 37.7. The lowest BCUT2D eigenvalue weighted by Gasteiger charge is -2.36. The number of rotatable bonds is 17. The lowest BCUT2D eigenvalue weighted by atomic mass is 9.85. The zero-order valence-electron chi connectivity index (χ0n) is 45.4. The summed E-state index contributed by atoms with van der Waals surface area (Å²) in [5, 5.41) is 6.06. The molecular formula is C57H63F2N6O13PS. The monoisotopic (exact) mass is 1140 g/mol. The Hall–Kier alpha value is -7.31. The number of carbonyl (C=O) groups excluding carboxylic acids is 8. The molecular weight excluding hydrogens is 1080 g/mol. The lowest BCUT2D eigenvalue weighted by molar-refractivity contribution is -0.160. The number of unbranched alkanes of at least 4 members (excludes halogenated alkanes) is 1. The number of hydrogen-bond acceptors (Lipinski definition) is 13. The Balaban J connectivity index is 0.910. The van der Waals surface area contributed by atoms with E-state index in [1.165, 1.54) is 53.9 Å². The fourth-order valence-corrected chi connectivity index (χ4v) is 11.5. The number of likely N-dealkylation sites (tertiary alicyclic amines) is 1. The third-order valence-corrected chi connectivity index (χ3v) is 16.8. The van der Waals surface area contributed by atoms with Crippen molar-refractivity contribution < 1.29 is 70.3 Å². The van der Waals surface area contributed by atoms with Crippen LogP contribution in [0, 0.1) is 22.7 Å². The zero-order valence-corrected chi connectivity index (χ0v) is 47.1. The summed E-state index contributed by atoms with van der Waals surface area (Å²) >= 11 is 0.944.